The second-order valence-corrected chi connectivity index (χ2v) is 5.14. The van der Waals surface area contributed by atoms with Crippen LogP contribution in [0.2, 0.25) is 0 Å². The van der Waals surface area contributed by atoms with E-state index in [0.29, 0.717) is 31.9 Å². The van der Waals surface area contributed by atoms with Gasteiger partial charge in [-0.1, -0.05) is 0 Å². The van der Waals surface area contributed by atoms with Crippen molar-refractivity contribution in [2.75, 3.05) is 19.1 Å². The molecule has 0 saturated carbocycles. The Balaban J connectivity index is 2.17. The van der Waals surface area contributed by atoms with Gasteiger partial charge in [0.25, 0.3) is 5.91 Å². The number of rotatable bonds is 3. The molecule has 1 aromatic heterocycles. The van der Waals surface area contributed by atoms with Gasteiger partial charge in [0.1, 0.15) is 5.56 Å². The van der Waals surface area contributed by atoms with Crippen molar-refractivity contribution < 1.29 is 9.53 Å². The Labute approximate surface area is 116 Å². The molecule has 0 spiro atoms. The highest BCUT2D eigenvalue weighted by Gasteiger charge is 2.34. The first kappa shape index (κ1) is 14.1. The lowest BCUT2D eigenvalue weighted by Gasteiger charge is -2.36. The van der Waals surface area contributed by atoms with Gasteiger partial charge in [0.05, 0.1) is 5.54 Å². The highest BCUT2D eigenvalue weighted by molar-refractivity contribution is 6.19. The number of nitrogens with one attached hydrogen (secondary N) is 2. The third kappa shape index (κ3) is 3.16. The number of aryl methyl sites for hydroxylation is 1. The molecule has 6 heteroatoms. The molecule has 0 bridgehead atoms. The maximum absolute atomic E-state index is 12.2. The molecule has 0 unspecified atom stereocenters. The zero-order chi connectivity index (χ0) is 13.9. The average Bonchev–Trinajstić information content (AvgIpc) is 2.39. The second-order valence-electron chi connectivity index (χ2n) is 4.87. The van der Waals surface area contributed by atoms with Gasteiger partial charge in [-0.05, 0) is 19.8 Å². The average molecular weight is 285 g/mol. The maximum atomic E-state index is 12.2. The molecule has 1 aliphatic rings. The smallest absolute Gasteiger partial charge is 0.257 e. The van der Waals surface area contributed by atoms with Crippen molar-refractivity contribution >= 4 is 17.5 Å². The lowest BCUT2D eigenvalue weighted by molar-refractivity contribution is 0.0433. The van der Waals surface area contributed by atoms with Gasteiger partial charge < -0.3 is 15.0 Å². The molecule has 1 fully saturated rings. The number of amides is 1. The van der Waals surface area contributed by atoms with Crippen molar-refractivity contribution in [2.45, 2.75) is 25.3 Å². The van der Waals surface area contributed by atoms with Gasteiger partial charge in [0.2, 0.25) is 0 Å². The number of halogens is 1. The summed E-state index contributed by atoms with van der Waals surface area (Å²) in [6, 6.07) is 1.41. The number of H-pyrrole nitrogens is 1. The number of pyridine rings is 1. The monoisotopic (exact) mass is 284 g/mol. The van der Waals surface area contributed by atoms with E-state index in [4.69, 9.17) is 16.3 Å². The van der Waals surface area contributed by atoms with Crippen LogP contribution in [0, 0.1) is 6.92 Å². The second kappa shape index (κ2) is 5.75. The summed E-state index contributed by atoms with van der Waals surface area (Å²) in [6.07, 6.45) is 2.76. The summed E-state index contributed by atoms with van der Waals surface area (Å²) >= 11 is 5.98. The molecule has 19 heavy (non-hydrogen) atoms. The Bertz CT molecular complexity index is 521. The minimum atomic E-state index is -0.478. The van der Waals surface area contributed by atoms with Crippen molar-refractivity contribution in [1.29, 1.82) is 0 Å². The van der Waals surface area contributed by atoms with E-state index in [1.807, 2.05) is 0 Å². The predicted octanol–water partition coefficient (Wildman–Crippen LogP) is 1.20. The van der Waals surface area contributed by atoms with Gasteiger partial charge in [-0.15, -0.1) is 11.6 Å². The molecular formula is C13H17ClN2O3. The van der Waals surface area contributed by atoms with E-state index in [2.05, 4.69) is 10.3 Å². The molecule has 2 rings (SSSR count). The van der Waals surface area contributed by atoms with Gasteiger partial charge in [-0.3, -0.25) is 9.59 Å². The summed E-state index contributed by atoms with van der Waals surface area (Å²) in [5.41, 5.74) is 0.0700. The van der Waals surface area contributed by atoms with Gasteiger partial charge in [0, 0.05) is 37.1 Å². The number of carbonyl (C=O) groups is 1. The maximum Gasteiger partial charge on any atom is 0.257 e. The number of hydrogen-bond acceptors (Lipinski definition) is 3. The van der Waals surface area contributed by atoms with E-state index in [-0.39, 0.29) is 16.9 Å². The van der Waals surface area contributed by atoms with Crippen LogP contribution in [0.1, 0.15) is 28.9 Å². The number of hydrogen-bond donors (Lipinski definition) is 2. The van der Waals surface area contributed by atoms with Crippen molar-refractivity contribution in [3.8, 4) is 0 Å². The van der Waals surface area contributed by atoms with E-state index in [1.54, 1.807) is 6.92 Å². The largest absolute Gasteiger partial charge is 0.381 e. The molecule has 2 N–H and O–H groups in total. The SMILES string of the molecule is Cc1cc(=O)c(C(=O)NC2(CCl)CCOCC2)c[nH]1. The first-order valence-electron chi connectivity index (χ1n) is 6.22. The number of aromatic nitrogens is 1. The first-order valence-corrected chi connectivity index (χ1v) is 6.75. The predicted molar refractivity (Wildman–Crippen MR) is 72.8 cm³/mol. The highest BCUT2D eigenvalue weighted by Crippen LogP contribution is 2.22. The first-order chi connectivity index (χ1) is 9.06. The van der Waals surface area contributed by atoms with E-state index in [9.17, 15) is 9.59 Å². The lowest BCUT2D eigenvalue weighted by atomic mass is 9.92. The molecule has 2 heterocycles. The van der Waals surface area contributed by atoms with Crippen LogP contribution in [-0.2, 0) is 4.74 Å². The van der Waals surface area contributed by atoms with Crippen LogP contribution in [-0.4, -0.2) is 35.5 Å². The zero-order valence-corrected chi connectivity index (χ0v) is 11.5. The summed E-state index contributed by atoms with van der Waals surface area (Å²) in [5, 5.41) is 2.89. The van der Waals surface area contributed by atoms with Gasteiger partial charge in [-0.25, -0.2) is 0 Å². The van der Waals surface area contributed by atoms with Gasteiger partial charge in [0.15, 0.2) is 5.43 Å². The van der Waals surface area contributed by atoms with Crippen LogP contribution in [0.25, 0.3) is 0 Å². The minimum Gasteiger partial charge on any atom is -0.381 e. The Morgan fingerprint density at radius 1 is 1.53 bits per heavy atom. The van der Waals surface area contributed by atoms with Crippen molar-refractivity contribution in [2.24, 2.45) is 0 Å². The van der Waals surface area contributed by atoms with E-state index >= 15 is 0 Å². The van der Waals surface area contributed by atoms with Crippen LogP contribution < -0.4 is 10.7 Å². The summed E-state index contributed by atoms with van der Waals surface area (Å²) in [4.78, 5) is 26.8. The number of alkyl halides is 1. The molecule has 0 atom stereocenters. The zero-order valence-electron chi connectivity index (χ0n) is 10.8. The standard InChI is InChI=1S/C13H17ClN2O3/c1-9-6-11(17)10(7-15-9)12(18)16-13(8-14)2-4-19-5-3-13/h6-7H,2-5,8H2,1H3,(H,15,17)(H,16,18). The number of aromatic amines is 1. The molecule has 0 aromatic carbocycles. The molecule has 0 aliphatic carbocycles. The van der Waals surface area contributed by atoms with Crippen LogP contribution >= 0.6 is 11.6 Å². The molecule has 1 saturated heterocycles. The van der Waals surface area contributed by atoms with Crippen LogP contribution in [0.4, 0.5) is 0 Å². The number of carbonyl (C=O) groups excluding carboxylic acids is 1. The number of ether oxygens (including phenoxy) is 1. The fourth-order valence-corrected chi connectivity index (χ4v) is 2.45. The topological polar surface area (TPSA) is 71.2 Å². The summed E-state index contributed by atoms with van der Waals surface area (Å²) in [7, 11) is 0. The Hall–Kier alpha value is -1.33. The summed E-state index contributed by atoms with van der Waals surface area (Å²) in [6.45, 7) is 2.90. The third-order valence-corrected chi connectivity index (χ3v) is 3.90. The quantitative estimate of drug-likeness (QED) is 0.820. The fourth-order valence-electron chi connectivity index (χ4n) is 2.11. The molecule has 1 amide bonds. The van der Waals surface area contributed by atoms with Crippen LogP contribution in [0.3, 0.4) is 0 Å². The lowest BCUT2D eigenvalue weighted by Crippen LogP contribution is -2.54. The van der Waals surface area contributed by atoms with Gasteiger partial charge in [-0.2, -0.15) is 0 Å². The van der Waals surface area contributed by atoms with Crippen molar-refractivity contribution in [1.82, 2.24) is 10.3 Å². The molecule has 1 aromatic rings. The molecule has 0 radical (unpaired) electrons. The van der Waals surface area contributed by atoms with Crippen LogP contribution in [0.5, 0.6) is 0 Å². The molecule has 5 nitrogen and oxygen atoms in total. The van der Waals surface area contributed by atoms with Crippen LogP contribution in [0.15, 0.2) is 17.1 Å². The van der Waals surface area contributed by atoms with Crippen molar-refractivity contribution in [3.05, 3.63) is 33.7 Å². The molecule has 1 aliphatic heterocycles. The molecular weight excluding hydrogens is 268 g/mol. The summed E-state index contributed by atoms with van der Waals surface area (Å²) in [5.74, 6) is -0.0740. The Kier molecular flexibility index (Phi) is 4.27. The van der Waals surface area contributed by atoms with Gasteiger partial charge >= 0.3 is 0 Å². The van der Waals surface area contributed by atoms with Crippen molar-refractivity contribution in [3.63, 3.8) is 0 Å². The summed E-state index contributed by atoms with van der Waals surface area (Å²) < 4.78 is 5.28. The van der Waals surface area contributed by atoms with E-state index < -0.39 is 5.54 Å². The Morgan fingerprint density at radius 2 is 2.21 bits per heavy atom. The highest BCUT2D eigenvalue weighted by atomic mass is 35.5. The third-order valence-electron chi connectivity index (χ3n) is 3.39. The fraction of sp³-hybridized carbons (Fsp3) is 0.538. The molecule has 104 valence electrons. The Morgan fingerprint density at radius 3 is 2.79 bits per heavy atom. The normalized spacial score (nSPS) is 18.0. The minimum absolute atomic E-state index is 0.113. The van der Waals surface area contributed by atoms with E-state index in [0.717, 1.165) is 5.69 Å². The van der Waals surface area contributed by atoms with E-state index in [1.165, 1.54) is 12.3 Å².